The second-order valence-corrected chi connectivity index (χ2v) is 7.35. The van der Waals surface area contributed by atoms with E-state index in [-0.39, 0.29) is 18.7 Å². The molecule has 0 spiro atoms. The van der Waals surface area contributed by atoms with Gasteiger partial charge in [0, 0.05) is 13.0 Å². The third-order valence-electron chi connectivity index (χ3n) is 5.75. The number of aliphatic hydroxyl groups is 1. The normalized spacial score (nSPS) is 33.5. The van der Waals surface area contributed by atoms with Crippen LogP contribution in [0.25, 0.3) is 0 Å². The van der Waals surface area contributed by atoms with Crippen LogP contribution in [0.5, 0.6) is 0 Å². The third-order valence-corrected chi connectivity index (χ3v) is 5.75. The Kier molecular flexibility index (Phi) is 3.77. The molecule has 0 radical (unpaired) electrons. The van der Waals surface area contributed by atoms with E-state index in [1.807, 2.05) is 0 Å². The van der Waals surface area contributed by atoms with Crippen molar-refractivity contribution in [2.45, 2.75) is 30.7 Å². The van der Waals surface area contributed by atoms with E-state index in [0.29, 0.717) is 6.07 Å². The van der Waals surface area contributed by atoms with E-state index in [9.17, 15) is 27.9 Å². The van der Waals surface area contributed by atoms with Gasteiger partial charge < -0.3 is 9.84 Å². The molecule has 9 heteroatoms. The van der Waals surface area contributed by atoms with Crippen molar-refractivity contribution in [3.05, 3.63) is 41.5 Å². The van der Waals surface area contributed by atoms with Crippen molar-refractivity contribution >= 4 is 17.5 Å². The Labute approximate surface area is 157 Å². The average Bonchev–Trinajstić information content (AvgIpc) is 3.19. The lowest BCUT2D eigenvalue weighted by Crippen LogP contribution is -2.41. The summed E-state index contributed by atoms with van der Waals surface area (Å²) in [5.41, 5.74) is -4.27. The van der Waals surface area contributed by atoms with E-state index < -0.39 is 52.2 Å². The fraction of sp³-hybridized carbons (Fsp3) is 0.421. The molecule has 0 aliphatic carbocycles. The first-order valence-corrected chi connectivity index (χ1v) is 8.58. The molecular formula is C19H15F3N2O4. The molecule has 4 atom stereocenters. The zero-order valence-corrected chi connectivity index (χ0v) is 14.7. The van der Waals surface area contributed by atoms with Crippen LogP contribution in [-0.4, -0.2) is 34.7 Å². The van der Waals surface area contributed by atoms with Crippen molar-refractivity contribution in [2.24, 2.45) is 11.8 Å². The number of carbonyl (C=O) groups is 2. The maximum atomic E-state index is 13.3. The molecule has 2 amide bonds. The standard InChI is InChI=1S/C19H15F3N2O4/c1-17-4-5-18(28-17,6-7-25)14-13(17)15(26)24(16(14)27)11-3-2-10(9-23)12(8-11)19(20,21)22/h2-5,8,13-14,25H,6-7H2,1H3/t13-,14+,17-,18-/m1/s1. The molecule has 3 aliphatic rings. The largest absolute Gasteiger partial charge is 0.417 e. The highest BCUT2D eigenvalue weighted by atomic mass is 19.4. The molecule has 0 aromatic heterocycles. The number of benzene rings is 1. The zero-order valence-electron chi connectivity index (χ0n) is 14.7. The van der Waals surface area contributed by atoms with Crippen molar-refractivity contribution in [1.82, 2.24) is 0 Å². The number of aliphatic hydroxyl groups excluding tert-OH is 1. The molecule has 1 aromatic carbocycles. The molecule has 0 saturated carbocycles. The molecule has 1 N–H and O–H groups in total. The molecule has 2 saturated heterocycles. The average molecular weight is 392 g/mol. The number of anilines is 1. The van der Waals surface area contributed by atoms with Gasteiger partial charge in [0.1, 0.15) is 5.60 Å². The van der Waals surface area contributed by atoms with Crippen LogP contribution in [0.1, 0.15) is 24.5 Å². The van der Waals surface area contributed by atoms with E-state index in [0.717, 1.165) is 17.0 Å². The number of fused-ring (bicyclic) bond motifs is 5. The van der Waals surface area contributed by atoms with Gasteiger partial charge in [0.15, 0.2) is 0 Å². The SMILES string of the molecule is C[C@]12C=C[C@](CCO)(O1)[C@@H]1C(=O)N(c3ccc(C#N)c(C(F)(F)F)c3)C(=O)[C@@H]12. The highest BCUT2D eigenvalue weighted by molar-refractivity contribution is 6.23. The maximum Gasteiger partial charge on any atom is 0.417 e. The summed E-state index contributed by atoms with van der Waals surface area (Å²) in [6.45, 7) is 1.36. The smallest absolute Gasteiger partial charge is 0.396 e. The maximum absolute atomic E-state index is 13.3. The second kappa shape index (κ2) is 5.65. The first-order chi connectivity index (χ1) is 13.1. The van der Waals surface area contributed by atoms with Crippen LogP contribution in [0.2, 0.25) is 0 Å². The fourth-order valence-corrected chi connectivity index (χ4v) is 4.58. The number of ether oxygens (including phenoxy) is 1. The molecule has 28 heavy (non-hydrogen) atoms. The Balaban J connectivity index is 1.80. The van der Waals surface area contributed by atoms with Crippen LogP contribution in [0.4, 0.5) is 18.9 Å². The Morgan fingerprint density at radius 3 is 2.54 bits per heavy atom. The van der Waals surface area contributed by atoms with E-state index in [1.165, 1.54) is 6.07 Å². The lowest BCUT2D eigenvalue weighted by Gasteiger charge is -2.28. The molecule has 2 fully saturated rings. The van der Waals surface area contributed by atoms with Gasteiger partial charge in [-0.1, -0.05) is 12.2 Å². The van der Waals surface area contributed by atoms with Crippen LogP contribution in [0, 0.1) is 23.2 Å². The summed E-state index contributed by atoms with van der Waals surface area (Å²) in [6.07, 6.45) is -1.40. The number of hydrogen-bond donors (Lipinski definition) is 1. The number of amides is 2. The summed E-state index contributed by atoms with van der Waals surface area (Å²) < 4.78 is 45.8. The number of hydrogen-bond acceptors (Lipinski definition) is 5. The van der Waals surface area contributed by atoms with E-state index in [4.69, 9.17) is 10.00 Å². The first kappa shape index (κ1) is 18.7. The summed E-state index contributed by atoms with van der Waals surface area (Å²) in [4.78, 5) is 26.9. The number of imide groups is 1. The first-order valence-electron chi connectivity index (χ1n) is 8.58. The van der Waals surface area contributed by atoms with Gasteiger partial charge in [-0.25, -0.2) is 4.90 Å². The van der Waals surface area contributed by atoms with E-state index >= 15 is 0 Å². The minimum Gasteiger partial charge on any atom is -0.396 e. The van der Waals surface area contributed by atoms with Crippen LogP contribution in [-0.2, 0) is 20.5 Å². The number of halogens is 3. The van der Waals surface area contributed by atoms with Crippen LogP contribution >= 0.6 is 0 Å². The number of nitriles is 1. The van der Waals surface area contributed by atoms with E-state index in [1.54, 1.807) is 19.1 Å². The summed E-state index contributed by atoms with van der Waals surface area (Å²) >= 11 is 0. The fourth-order valence-electron chi connectivity index (χ4n) is 4.58. The minimum atomic E-state index is -4.81. The van der Waals surface area contributed by atoms with Gasteiger partial charge in [-0.05, 0) is 25.1 Å². The predicted molar refractivity (Wildman–Crippen MR) is 88.7 cm³/mol. The van der Waals surface area contributed by atoms with Crippen LogP contribution in [0.3, 0.4) is 0 Å². The number of rotatable bonds is 3. The van der Waals surface area contributed by atoms with Gasteiger partial charge in [-0.2, -0.15) is 18.4 Å². The van der Waals surface area contributed by atoms with Gasteiger partial charge in [0.25, 0.3) is 0 Å². The van der Waals surface area contributed by atoms with Crippen molar-refractivity contribution in [1.29, 1.82) is 5.26 Å². The Morgan fingerprint density at radius 2 is 1.93 bits per heavy atom. The molecule has 0 unspecified atom stereocenters. The van der Waals surface area contributed by atoms with E-state index in [2.05, 4.69) is 0 Å². The highest BCUT2D eigenvalue weighted by Gasteiger charge is 2.71. The monoisotopic (exact) mass is 392 g/mol. The summed E-state index contributed by atoms with van der Waals surface area (Å²) in [5, 5.41) is 18.3. The van der Waals surface area contributed by atoms with Crippen molar-refractivity contribution in [3.63, 3.8) is 0 Å². The van der Waals surface area contributed by atoms with Gasteiger partial charge in [-0.3, -0.25) is 9.59 Å². The molecule has 6 nitrogen and oxygen atoms in total. The van der Waals surface area contributed by atoms with Crippen LogP contribution < -0.4 is 4.90 Å². The van der Waals surface area contributed by atoms with Crippen LogP contribution in [0.15, 0.2) is 30.4 Å². The van der Waals surface area contributed by atoms with Gasteiger partial charge in [0.05, 0.1) is 40.3 Å². The molecule has 146 valence electrons. The quantitative estimate of drug-likeness (QED) is 0.629. The lowest BCUT2D eigenvalue weighted by atomic mass is 9.71. The second-order valence-electron chi connectivity index (χ2n) is 7.35. The molecule has 1 aromatic rings. The van der Waals surface area contributed by atoms with Gasteiger partial charge in [0.2, 0.25) is 11.8 Å². The Morgan fingerprint density at radius 1 is 1.25 bits per heavy atom. The summed E-state index contributed by atoms with van der Waals surface area (Å²) in [6, 6.07) is 4.21. The lowest BCUT2D eigenvalue weighted by molar-refractivity contribution is -0.138. The minimum absolute atomic E-state index is 0.0916. The third kappa shape index (κ3) is 2.28. The molecule has 2 bridgehead atoms. The van der Waals surface area contributed by atoms with Crippen molar-refractivity contribution < 1.29 is 32.6 Å². The summed E-state index contributed by atoms with van der Waals surface area (Å²) in [7, 11) is 0. The molecule has 3 aliphatic heterocycles. The Hall–Kier alpha value is -2.70. The van der Waals surface area contributed by atoms with Gasteiger partial charge in [-0.15, -0.1) is 0 Å². The molecule has 3 heterocycles. The number of nitrogens with zero attached hydrogens (tertiary/aromatic N) is 2. The topological polar surface area (TPSA) is 90.6 Å². The number of carbonyl (C=O) groups excluding carboxylic acids is 2. The molecule has 4 rings (SSSR count). The number of alkyl halides is 3. The molecular weight excluding hydrogens is 377 g/mol. The highest BCUT2D eigenvalue weighted by Crippen LogP contribution is 2.59. The van der Waals surface area contributed by atoms with Crippen molar-refractivity contribution in [2.75, 3.05) is 11.5 Å². The summed E-state index contributed by atoms with van der Waals surface area (Å²) in [5.74, 6) is -3.14. The zero-order chi connectivity index (χ0) is 20.5. The van der Waals surface area contributed by atoms with Crippen molar-refractivity contribution in [3.8, 4) is 6.07 Å². The Bertz CT molecular complexity index is 967. The van der Waals surface area contributed by atoms with Gasteiger partial charge >= 0.3 is 6.18 Å². The predicted octanol–water partition coefficient (Wildman–Crippen LogP) is 2.16.